The summed E-state index contributed by atoms with van der Waals surface area (Å²) in [5.74, 6) is 0.998. The van der Waals surface area contributed by atoms with Gasteiger partial charge in [0.2, 0.25) is 5.91 Å². The van der Waals surface area contributed by atoms with Gasteiger partial charge in [0.05, 0.1) is 5.75 Å². The molecule has 1 heterocycles. The van der Waals surface area contributed by atoms with E-state index in [0.29, 0.717) is 22.8 Å². The second kappa shape index (κ2) is 6.69. The molecule has 1 fully saturated rings. The highest BCUT2D eigenvalue weighted by Gasteiger charge is 2.34. The number of carbonyl (C=O) groups is 1. The summed E-state index contributed by atoms with van der Waals surface area (Å²) in [5.41, 5.74) is 7.79. The quantitative estimate of drug-likeness (QED) is 0.667. The summed E-state index contributed by atoms with van der Waals surface area (Å²) in [6, 6.07) is 2.15. The van der Waals surface area contributed by atoms with Crippen molar-refractivity contribution in [2.45, 2.75) is 56.6 Å². The molecule has 0 spiro atoms. The highest BCUT2D eigenvalue weighted by molar-refractivity contribution is 7.99. The van der Waals surface area contributed by atoms with Gasteiger partial charge in [0.1, 0.15) is 5.82 Å². The number of rotatable bonds is 5. The van der Waals surface area contributed by atoms with Crippen LogP contribution in [0.5, 0.6) is 0 Å². The smallest absolute Gasteiger partial charge is 0.237 e. The second-order valence-corrected chi connectivity index (χ2v) is 6.88. The Kier molecular flexibility index (Phi) is 4.66. The van der Waals surface area contributed by atoms with Crippen molar-refractivity contribution >= 4 is 23.5 Å². The maximum atomic E-state index is 12.6. The van der Waals surface area contributed by atoms with Crippen molar-refractivity contribution in [3.05, 3.63) is 23.5 Å². The molecule has 0 aromatic carbocycles. The third kappa shape index (κ3) is 3.80. The topological polar surface area (TPSA) is 72.1 Å². The fourth-order valence-electron chi connectivity index (χ4n) is 2.80. The van der Waals surface area contributed by atoms with E-state index in [9.17, 15) is 4.79 Å². The number of amides is 1. The first kappa shape index (κ1) is 15.3. The summed E-state index contributed by atoms with van der Waals surface area (Å²) in [6.07, 6.45) is 9.04. The average Bonchev–Trinajstić information content (AvgIpc) is 3.30. The maximum Gasteiger partial charge on any atom is 0.237 e. The number of anilines is 1. The van der Waals surface area contributed by atoms with Gasteiger partial charge in [-0.25, -0.2) is 9.97 Å². The van der Waals surface area contributed by atoms with E-state index >= 15 is 0 Å². The van der Waals surface area contributed by atoms with Crippen LogP contribution in [0.15, 0.2) is 23.0 Å². The van der Waals surface area contributed by atoms with Crippen molar-refractivity contribution in [3.8, 4) is 0 Å². The number of nitrogens with two attached hydrogens (primary N) is 1. The van der Waals surface area contributed by atoms with Crippen molar-refractivity contribution in [2.75, 3.05) is 11.5 Å². The standard InChI is InChI=1S/C16H22N4OS/c1-11-9-14(17)19-16(18-11)22-10-15(21)20(13-7-8-13)12-5-3-2-4-6-12/h5,9,13H,2-4,6-8,10H2,1H3,(H2,17,18,19). The van der Waals surface area contributed by atoms with Gasteiger partial charge >= 0.3 is 0 Å². The molecular weight excluding hydrogens is 296 g/mol. The van der Waals surface area contributed by atoms with Crippen LogP contribution in [0, 0.1) is 6.92 Å². The fraction of sp³-hybridized carbons (Fsp3) is 0.562. The number of thioether (sulfide) groups is 1. The fourth-order valence-corrected chi connectivity index (χ4v) is 3.57. The number of allylic oxidation sites excluding steroid dienone is 2. The summed E-state index contributed by atoms with van der Waals surface area (Å²) in [5, 5.41) is 0.583. The number of carbonyl (C=O) groups excluding carboxylic acids is 1. The summed E-state index contributed by atoms with van der Waals surface area (Å²) in [6.45, 7) is 1.88. The van der Waals surface area contributed by atoms with Gasteiger partial charge in [0.25, 0.3) is 0 Å². The summed E-state index contributed by atoms with van der Waals surface area (Å²) in [4.78, 5) is 23.2. The van der Waals surface area contributed by atoms with E-state index in [4.69, 9.17) is 5.73 Å². The molecule has 1 amide bonds. The minimum Gasteiger partial charge on any atom is -0.384 e. The Balaban J connectivity index is 1.65. The van der Waals surface area contributed by atoms with Gasteiger partial charge in [0.15, 0.2) is 5.16 Å². The van der Waals surface area contributed by atoms with Crippen LogP contribution < -0.4 is 5.73 Å². The van der Waals surface area contributed by atoms with Crippen molar-refractivity contribution in [1.82, 2.24) is 14.9 Å². The van der Waals surface area contributed by atoms with Crippen LogP contribution in [0.3, 0.4) is 0 Å². The van der Waals surface area contributed by atoms with Crippen LogP contribution >= 0.6 is 11.8 Å². The van der Waals surface area contributed by atoms with E-state index < -0.39 is 0 Å². The molecule has 0 unspecified atom stereocenters. The zero-order valence-corrected chi connectivity index (χ0v) is 13.7. The second-order valence-electron chi connectivity index (χ2n) is 5.94. The van der Waals surface area contributed by atoms with Crippen molar-refractivity contribution in [2.24, 2.45) is 0 Å². The Hall–Kier alpha value is -1.56. The molecule has 0 bridgehead atoms. The third-order valence-corrected chi connectivity index (χ3v) is 4.77. The molecule has 0 atom stereocenters. The lowest BCUT2D eigenvalue weighted by atomic mass is 10.0. The predicted molar refractivity (Wildman–Crippen MR) is 88.3 cm³/mol. The Bertz CT molecular complexity index is 578. The van der Waals surface area contributed by atoms with Crippen LogP contribution in [0.25, 0.3) is 0 Å². The number of hydrogen-bond acceptors (Lipinski definition) is 5. The molecule has 6 heteroatoms. The zero-order chi connectivity index (χ0) is 15.5. The van der Waals surface area contributed by atoms with Crippen LogP contribution in [0.4, 0.5) is 5.82 Å². The molecule has 2 aliphatic carbocycles. The maximum absolute atomic E-state index is 12.6. The third-order valence-electron chi connectivity index (χ3n) is 3.94. The van der Waals surface area contributed by atoms with Gasteiger partial charge in [-0.05, 0) is 45.4 Å². The normalized spacial score (nSPS) is 18.0. The molecule has 1 saturated carbocycles. The first-order valence-electron chi connectivity index (χ1n) is 7.88. The molecule has 0 saturated heterocycles. The van der Waals surface area contributed by atoms with Gasteiger partial charge in [0, 0.05) is 23.5 Å². The lowest BCUT2D eigenvalue weighted by molar-refractivity contribution is -0.127. The van der Waals surface area contributed by atoms with E-state index in [1.165, 1.54) is 30.3 Å². The minimum atomic E-state index is 0.171. The van der Waals surface area contributed by atoms with E-state index in [2.05, 4.69) is 16.0 Å². The van der Waals surface area contributed by atoms with Gasteiger partial charge in [-0.2, -0.15) is 0 Å². The molecule has 118 valence electrons. The first-order valence-corrected chi connectivity index (χ1v) is 8.87. The summed E-state index contributed by atoms with van der Waals surface area (Å²) in [7, 11) is 0. The van der Waals surface area contributed by atoms with Crippen LogP contribution in [-0.2, 0) is 4.79 Å². The van der Waals surface area contributed by atoms with Gasteiger partial charge < -0.3 is 10.6 Å². The molecule has 0 radical (unpaired) electrons. The lowest BCUT2D eigenvalue weighted by Gasteiger charge is -2.27. The zero-order valence-electron chi connectivity index (χ0n) is 12.9. The number of nitrogen functional groups attached to an aromatic ring is 1. The highest BCUT2D eigenvalue weighted by atomic mass is 32.2. The van der Waals surface area contributed by atoms with Crippen molar-refractivity contribution in [1.29, 1.82) is 0 Å². The highest BCUT2D eigenvalue weighted by Crippen LogP contribution is 2.34. The van der Waals surface area contributed by atoms with E-state index in [-0.39, 0.29) is 5.91 Å². The van der Waals surface area contributed by atoms with Crippen LogP contribution in [0.1, 0.15) is 44.2 Å². The molecule has 0 aliphatic heterocycles. The van der Waals surface area contributed by atoms with Crippen molar-refractivity contribution in [3.63, 3.8) is 0 Å². The molecular formula is C16H22N4OS. The number of aryl methyl sites for hydroxylation is 1. The van der Waals surface area contributed by atoms with Crippen LogP contribution in [0.2, 0.25) is 0 Å². The van der Waals surface area contributed by atoms with E-state index in [0.717, 1.165) is 31.4 Å². The predicted octanol–water partition coefficient (Wildman–Crippen LogP) is 2.91. The largest absolute Gasteiger partial charge is 0.384 e. The Morgan fingerprint density at radius 2 is 2.23 bits per heavy atom. The van der Waals surface area contributed by atoms with E-state index in [1.54, 1.807) is 6.07 Å². The minimum absolute atomic E-state index is 0.171. The summed E-state index contributed by atoms with van der Waals surface area (Å²) < 4.78 is 0. The monoisotopic (exact) mass is 318 g/mol. The molecule has 2 aliphatic rings. The van der Waals surface area contributed by atoms with Gasteiger partial charge in [-0.15, -0.1) is 0 Å². The number of nitrogens with zero attached hydrogens (tertiary/aromatic N) is 3. The Morgan fingerprint density at radius 3 is 2.86 bits per heavy atom. The van der Waals surface area contributed by atoms with Gasteiger partial charge in [-0.3, -0.25) is 4.79 Å². The Labute approximate surface area is 135 Å². The van der Waals surface area contributed by atoms with Gasteiger partial charge in [-0.1, -0.05) is 17.8 Å². The van der Waals surface area contributed by atoms with Crippen molar-refractivity contribution < 1.29 is 4.79 Å². The molecule has 3 rings (SSSR count). The molecule has 5 nitrogen and oxygen atoms in total. The molecule has 1 aromatic heterocycles. The SMILES string of the molecule is Cc1cc(N)nc(SCC(=O)N(C2=CCCCC2)C2CC2)n1. The molecule has 1 aromatic rings. The number of hydrogen-bond donors (Lipinski definition) is 1. The Morgan fingerprint density at radius 1 is 1.41 bits per heavy atom. The molecule has 22 heavy (non-hydrogen) atoms. The van der Waals surface area contributed by atoms with E-state index in [1.807, 2.05) is 11.8 Å². The number of aromatic nitrogens is 2. The first-order chi connectivity index (χ1) is 10.6. The lowest BCUT2D eigenvalue weighted by Crippen LogP contribution is -2.34. The van der Waals surface area contributed by atoms with Crippen LogP contribution in [-0.4, -0.2) is 32.6 Å². The summed E-state index contributed by atoms with van der Waals surface area (Å²) >= 11 is 1.37. The average molecular weight is 318 g/mol. The molecule has 2 N–H and O–H groups in total.